The molecule has 0 saturated carbocycles. The molecule has 31 heavy (non-hydrogen) atoms. The lowest BCUT2D eigenvalue weighted by Gasteiger charge is -2.42. The highest BCUT2D eigenvalue weighted by Gasteiger charge is 2.45. The molecule has 1 heterocycles. The van der Waals surface area contributed by atoms with Crippen molar-refractivity contribution in [2.45, 2.75) is 52.9 Å². The van der Waals surface area contributed by atoms with Gasteiger partial charge in [-0.25, -0.2) is 0 Å². The van der Waals surface area contributed by atoms with Gasteiger partial charge in [-0.15, -0.1) is 0 Å². The fourth-order valence-electron chi connectivity index (χ4n) is 4.84. The van der Waals surface area contributed by atoms with Crippen LogP contribution >= 0.6 is 0 Å². The summed E-state index contributed by atoms with van der Waals surface area (Å²) in [6.45, 7) is 7.76. The summed E-state index contributed by atoms with van der Waals surface area (Å²) in [6, 6.07) is 12.7. The summed E-state index contributed by atoms with van der Waals surface area (Å²) in [5, 5.41) is 11.8. The van der Waals surface area contributed by atoms with Gasteiger partial charge < -0.3 is 0 Å². The van der Waals surface area contributed by atoms with Crippen molar-refractivity contribution in [3.05, 3.63) is 80.5 Å². The van der Waals surface area contributed by atoms with E-state index in [1.54, 1.807) is 19.1 Å². The number of allylic oxidation sites excluding steroid dienone is 2. The third kappa shape index (κ3) is 3.78. The molecular formula is C25H26N2O4. The topological polar surface area (TPSA) is 80.5 Å². The van der Waals surface area contributed by atoms with Crippen LogP contribution in [0.15, 0.2) is 53.7 Å². The fraction of sp³-hybridized carbons (Fsp3) is 0.360. The van der Waals surface area contributed by atoms with Gasteiger partial charge in [0.05, 0.1) is 4.92 Å². The van der Waals surface area contributed by atoms with Gasteiger partial charge in [0.2, 0.25) is 5.91 Å². The molecule has 1 amide bonds. The van der Waals surface area contributed by atoms with Crippen molar-refractivity contribution in [3.63, 3.8) is 0 Å². The number of ketones is 1. The average Bonchev–Trinajstić information content (AvgIpc) is 2.66. The molecule has 0 saturated heterocycles. The summed E-state index contributed by atoms with van der Waals surface area (Å²) in [4.78, 5) is 39.6. The molecule has 1 aliphatic heterocycles. The van der Waals surface area contributed by atoms with E-state index in [9.17, 15) is 19.7 Å². The Kier molecular flexibility index (Phi) is 5.04. The molecule has 1 atom stereocenters. The summed E-state index contributed by atoms with van der Waals surface area (Å²) < 4.78 is 0. The lowest BCUT2D eigenvalue weighted by molar-refractivity contribution is -0.384. The van der Waals surface area contributed by atoms with Crippen LogP contribution in [0.5, 0.6) is 0 Å². The van der Waals surface area contributed by atoms with E-state index in [-0.39, 0.29) is 40.8 Å². The predicted octanol–water partition coefficient (Wildman–Crippen LogP) is 5.38. The Morgan fingerprint density at radius 2 is 1.74 bits per heavy atom. The van der Waals surface area contributed by atoms with Crippen molar-refractivity contribution in [2.75, 3.05) is 4.90 Å². The normalized spacial score (nSPS) is 20.6. The number of aryl methyl sites for hydroxylation is 2. The number of nitrogens with zero attached hydrogens (tertiary/aromatic N) is 2. The number of carbonyl (C=O) groups is 2. The highest BCUT2D eigenvalue weighted by molar-refractivity contribution is 6.08. The second kappa shape index (κ2) is 7.45. The maximum Gasteiger partial charge on any atom is 0.293 e. The molecule has 1 unspecified atom stereocenters. The maximum atomic E-state index is 13.5. The number of nitro groups is 1. The van der Waals surface area contributed by atoms with Gasteiger partial charge in [0.1, 0.15) is 5.69 Å². The van der Waals surface area contributed by atoms with E-state index < -0.39 is 4.92 Å². The van der Waals surface area contributed by atoms with E-state index in [4.69, 9.17) is 0 Å². The van der Waals surface area contributed by atoms with Gasteiger partial charge in [-0.05, 0) is 42.9 Å². The van der Waals surface area contributed by atoms with Crippen molar-refractivity contribution in [2.24, 2.45) is 5.41 Å². The number of Topliss-reactive ketones (excluding diaryl/α,β-unsaturated/α-hetero) is 1. The smallest absolute Gasteiger partial charge is 0.293 e. The van der Waals surface area contributed by atoms with Crippen LogP contribution in [0.4, 0.5) is 11.4 Å². The largest absolute Gasteiger partial charge is 0.294 e. The number of rotatable bonds is 3. The number of hydrogen-bond donors (Lipinski definition) is 0. The minimum Gasteiger partial charge on any atom is -0.294 e. The SMILES string of the molecule is Cc1cccc(C2CC(=O)N(c3ccc(C)cc3[N+](=O)[O-])C3=C2C(=O)CC(C)(C)C3)c1. The summed E-state index contributed by atoms with van der Waals surface area (Å²) in [5.41, 5.74) is 3.76. The zero-order valence-electron chi connectivity index (χ0n) is 18.3. The first-order chi connectivity index (χ1) is 14.6. The molecule has 6 nitrogen and oxygen atoms in total. The zero-order valence-corrected chi connectivity index (χ0v) is 18.3. The van der Waals surface area contributed by atoms with Crippen LogP contribution in [0.3, 0.4) is 0 Å². The first-order valence-electron chi connectivity index (χ1n) is 10.5. The van der Waals surface area contributed by atoms with Crippen LogP contribution in [-0.4, -0.2) is 16.6 Å². The highest BCUT2D eigenvalue weighted by Crippen LogP contribution is 2.49. The summed E-state index contributed by atoms with van der Waals surface area (Å²) in [5.74, 6) is -0.528. The Bertz CT molecular complexity index is 1150. The first kappa shape index (κ1) is 21.0. The number of nitro benzene ring substituents is 1. The molecule has 2 aromatic carbocycles. The van der Waals surface area contributed by atoms with E-state index >= 15 is 0 Å². The Hall–Kier alpha value is -3.28. The van der Waals surface area contributed by atoms with Gasteiger partial charge >= 0.3 is 0 Å². The Balaban J connectivity index is 1.95. The van der Waals surface area contributed by atoms with Gasteiger partial charge in [0.15, 0.2) is 5.78 Å². The zero-order chi connectivity index (χ0) is 22.5. The van der Waals surface area contributed by atoms with E-state index in [0.717, 1.165) is 16.7 Å². The van der Waals surface area contributed by atoms with Gasteiger partial charge in [-0.3, -0.25) is 24.6 Å². The molecule has 0 spiro atoms. The van der Waals surface area contributed by atoms with E-state index in [1.165, 1.54) is 11.0 Å². The predicted molar refractivity (Wildman–Crippen MR) is 119 cm³/mol. The number of carbonyl (C=O) groups excluding carboxylic acids is 2. The number of amides is 1. The lowest BCUT2D eigenvalue weighted by Crippen LogP contribution is -2.44. The molecule has 0 aromatic heterocycles. The highest BCUT2D eigenvalue weighted by atomic mass is 16.6. The third-order valence-corrected chi connectivity index (χ3v) is 6.16. The monoisotopic (exact) mass is 418 g/mol. The summed E-state index contributed by atoms with van der Waals surface area (Å²) >= 11 is 0. The van der Waals surface area contributed by atoms with Crippen molar-refractivity contribution < 1.29 is 14.5 Å². The molecule has 6 heteroatoms. The average molecular weight is 418 g/mol. The molecule has 0 radical (unpaired) electrons. The van der Waals surface area contributed by atoms with Crippen LogP contribution in [0.1, 0.15) is 55.7 Å². The molecule has 2 aromatic rings. The second-order valence-electron chi connectivity index (χ2n) is 9.45. The van der Waals surface area contributed by atoms with E-state index in [2.05, 4.69) is 0 Å². The van der Waals surface area contributed by atoms with Crippen LogP contribution in [-0.2, 0) is 9.59 Å². The summed E-state index contributed by atoms with van der Waals surface area (Å²) in [6.07, 6.45) is 1.01. The molecule has 160 valence electrons. The minimum atomic E-state index is -0.460. The Labute approximate surface area is 181 Å². The second-order valence-corrected chi connectivity index (χ2v) is 9.45. The van der Waals surface area contributed by atoms with Crippen molar-refractivity contribution in [1.29, 1.82) is 0 Å². The standard InChI is InChI=1S/C25H26N2O4/c1-15-6-5-7-17(10-15)18-12-23(29)26(19-9-8-16(2)11-20(19)27(30)31)21-13-25(3,4)14-22(28)24(18)21/h5-11,18H,12-14H2,1-4H3. The van der Waals surface area contributed by atoms with Crippen molar-refractivity contribution in [3.8, 4) is 0 Å². The first-order valence-corrected chi connectivity index (χ1v) is 10.5. The summed E-state index contributed by atoms with van der Waals surface area (Å²) in [7, 11) is 0. The maximum absolute atomic E-state index is 13.5. The van der Waals surface area contributed by atoms with E-state index in [0.29, 0.717) is 24.1 Å². The number of benzene rings is 2. The van der Waals surface area contributed by atoms with Crippen LogP contribution in [0.2, 0.25) is 0 Å². The molecule has 4 rings (SSSR count). The lowest BCUT2D eigenvalue weighted by atomic mass is 9.69. The molecule has 1 aliphatic carbocycles. The third-order valence-electron chi connectivity index (χ3n) is 6.16. The van der Waals surface area contributed by atoms with Crippen LogP contribution in [0, 0.1) is 29.4 Å². The molecule has 2 aliphatic rings. The van der Waals surface area contributed by atoms with Crippen molar-refractivity contribution in [1.82, 2.24) is 0 Å². The van der Waals surface area contributed by atoms with Crippen LogP contribution in [0.25, 0.3) is 0 Å². The Morgan fingerprint density at radius 1 is 1.03 bits per heavy atom. The minimum absolute atomic E-state index is 0.0185. The molecule has 0 fully saturated rings. The number of anilines is 1. The van der Waals surface area contributed by atoms with Gasteiger partial charge in [0, 0.05) is 36.1 Å². The number of hydrogen-bond acceptors (Lipinski definition) is 4. The molecule has 0 N–H and O–H groups in total. The quantitative estimate of drug-likeness (QED) is 0.495. The van der Waals surface area contributed by atoms with Crippen molar-refractivity contribution >= 4 is 23.1 Å². The molecular weight excluding hydrogens is 392 g/mol. The molecule has 0 bridgehead atoms. The Morgan fingerprint density at radius 3 is 2.42 bits per heavy atom. The fourth-order valence-corrected chi connectivity index (χ4v) is 4.84. The van der Waals surface area contributed by atoms with Gasteiger partial charge in [-0.1, -0.05) is 49.7 Å². The van der Waals surface area contributed by atoms with Crippen LogP contribution < -0.4 is 4.90 Å². The van der Waals surface area contributed by atoms with E-state index in [1.807, 2.05) is 45.0 Å². The van der Waals surface area contributed by atoms with Gasteiger partial charge in [0.25, 0.3) is 5.69 Å². The van der Waals surface area contributed by atoms with Gasteiger partial charge in [-0.2, -0.15) is 0 Å².